The Morgan fingerprint density at radius 1 is 0.250 bits per heavy atom. The molecule has 0 unspecified atom stereocenters. The van der Waals surface area contributed by atoms with Gasteiger partial charge in [-0.3, -0.25) is 0 Å². The van der Waals surface area contributed by atoms with Gasteiger partial charge in [0, 0.05) is 74.2 Å². The highest BCUT2D eigenvalue weighted by Gasteiger charge is 2.23. The van der Waals surface area contributed by atoms with E-state index >= 15 is 0 Å². The van der Waals surface area contributed by atoms with Crippen molar-refractivity contribution in [1.82, 2.24) is 0 Å². The van der Waals surface area contributed by atoms with E-state index < -0.39 is 0 Å². The summed E-state index contributed by atoms with van der Waals surface area (Å²) in [6, 6.07) is 80.2. The average molecular weight is 801 g/mol. The first-order valence-electron chi connectivity index (χ1n) is 20.3. The van der Waals surface area contributed by atoms with Crippen molar-refractivity contribution in [2.75, 3.05) is 9.80 Å². The standard InChI is InChI=1S/C56H36N2S2/c1-3-15-39-33-41(27-25-37(39)13-1)57(43-29-31-49-47-19-7-11-23-53(47)59-55(49)35-43)51-21-9-5-17-45(51)46-18-6-10-22-52(46)58(42-28-26-38-14-2-4-16-40(38)34-42)44-30-32-50-48-20-8-12-24-54(48)60-56(50)36-44/h1-36H. The SMILES string of the molecule is c1ccc(N(c2ccc3ccccc3c2)c2ccc3c(c2)sc2ccccc23)c(-c2ccccc2N(c2ccc3ccccc3c2)c2ccc3c(c2)sc2ccccc23)c1. The lowest BCUT2D eigenvalue weighted by Gasteiger charge is -2.31. The van der Waals surface area contributed by atoms with Crippen LogP contribution in [0.3, 0.4) is 0 Å². The Kier molecular flexibility index (Phi) is 8.25. The van der Waals surface area contributed by atoms with E-state index in [-0.39, 0.29) is 0 Å². The quantitative estimate of drug-likeness (QED) is 0.158. The third-order valence-electron chi connectivity index (χ3n) is 11.8. The minimum absolute atomic E-state index is 1.11. The molecule has 0 bridgehead atoms. The predicted molar refractivity (Wildman–Crippen MR) is 262 cm³/mol. The van der Waals surface area contributed by atoms with E-state index in [2.05, 4.69) is 228 Å². The maximum Gasteiger partial charge on any atom is 0.0540 e. The smallest absolute Gasteiger partial charge is 0.0540 e. The van der Waals surface area contributed by atoms with Gasteiger partial charge in [-0.15, -0.1) is 22.7 Å². The molecule has 4 heteroatoms. The molecule has 0 atom stereocenters. The molecule has 0 aliphatic carbocycles. The van der Waals surface area contributed by atoms with Gasteiger partial charge in [-0.1, -0.05) is 146 Å². The highest BCUT2D eigenvalue weighted by atomic mass is 32.1. The number of anilines is 6. The van der Waals surface area contributed by atoms with Crippen molar-refractivity contribution in [2.45, 2.75) is 0 Å². The van der Waals surface area contributed by atoms with E-state index in [1.54, 1.807) is 0 Å². The van der Waals surface area contributed by atoms with Gasteiger partial charge in [0.15, 0.2) is 0 Å². The van der Waals surface area contributed by atoms with E-state index in [0.717, 1.165) is 45.3 Å². The normalized spacial score (nSPS) is 11.7. The van der Waals surface area contributed by atoms with Crippen LogP contribution in [0.2, 0.25) is 0 Å². The first-order chi connectivity index (χ1) is 29.7. The number of hydrogen-bond acceptors (Lipinski definition) is 4. The minimum Gasteiger partial charge on any atom is -0.310 e. The Morgan fingerprint density at radius 3 is 1.08 bits per heavy atom. The molecule has 282 valence electrons. The predicted octanol–water partition coefficient (Wildman–Crippen LogP) is 17.3. The zero-order valence-electron chi connectivity index (χ0n) is 32.5. The number of hydrogen-bond donors (Lipinski definition) is 0. The van der Waals surface area contributed by atoms with Crippen LogP contribution in [0.4, 0.5) is 34.1 Å². The highest BCUT2D eigenvalue weighted by molar-refractivity contribution is 7.26. The molecule has 0 fully saturated rings. The molecule has 0 aliphatic rings. The zero-order chi connectivity index (χ0) is 39.6. The van der Waals surface area contributed by atoms with Gasteiger partial charge in [0.2, 0.25) is 0 Å². The van der Waals surface area contributed by atoms with Crippen molar-refractivity contribution in [2.24, 2.45) is 0 Å². The number of nitrogens with zero attached hydrogens (tertiary/aromatic N) is 2. The fraction of sp³-hybridized carbons (Fsp3) is 0. The lowest BCUT2D eigenvalue weighted by molar-refractivity contribution is 1.28. The van der Waals surface area contributed by atoms with Crippen LogP contribution in [-0.2, 0) is 0 Å². The van der Waals surface area contributed by atoms with E-state index in [1.165, 1.54) is 61.9 Å². The summed E-state index contributed by atoms with van der Waals surface area (Å²) in [7, 11) is 0. The molecule has 10 aromatic carbocycles. The Bertz CT molecular complexity index is 3360. The van der Waals surface area contributed by atoms with Crippen molar-refractivity contribution in [3.63, 3.8) is 0 Å². The van der Waals surface area contributed by atoms with Gasteiger partial charge < -0.3 is 9.80 Å². The molecule has 0 amide bonds. The fourth-order valence-corrected chi connectivity index (χ4v) is 11.3. The summed E-state index contributed by atoms with van der Waals surface area (Å²) >= 11 is 3.72. The summed E-state index contributed by atoms with van der Waals surface area (Å²) in [6.07, 6.45) is 0. The molecule has 0 radical (unpaired) electrons. The monoisotopic (exact) mass is 800 g/mol. The lowest BCUT2D eigenvalue weighted by atomic mass is 9.98. The second-order valence-electron chi connectivity index (χ2n) is 15.3. The van der Waals surface area contributed by atoms with E-state index in [4.69, 9.17) is 0 Å². The van der Waals surface area contributed by atoms with Gasteiger partial charge in [0.1, 0.15) is 0 Å². The Morgan fingerprint density at radius 2 is 0.600 bits per heavy atom. The number of fused-ring (bicyclic) bond motifs is 8. The zero-order valence-corrected chi connectivity index (χ0v) is 34.1. The second kappa shape index (κ2) is 14.2. The fourth-order valence-electron chi connectivity index (χ4n) is 8.99. The van der Waals surface area contributed by atoms with Crippen molar-refractivity contribution >= 4 is 119 Å². The largest absolute Gasteiger partial charge is 0.310 e. The molecule has 2 nitrogen and oxygen atoms in total. The number of thiophene rings is 2. The van der Waals surface area contributed by atoms with Crippen LogP contribution >= 0.6 is 22.7 Å². The van der Waals surface area contributed by atoms with E-state index in [0.29, 0.717) is 0 Å². The summed E-state index contributed by atoms with van der Waals surface area (Å²) in [5, 5.41) is 10.1. The van der Waals surface area contributed by atoms with Crippen LogP contribution in [0.5, 0.6) is 0 Å². The average Bonchev–Trinajstić information content (AvgIpc) is 3.87. The van der Waals surface area contributed by atoms with Crippen LogP contribution in [0.25, 0.3) is 73.0 Å². The van der Waals surface area contributed by atoms with Crippen LogP contribution in [0.1, 0.15) is 0 Å². The van der Waals surface area contributed by atoms with Crippen LogP contribution < -0.4 is 9.80 Å². The van der Waals surface area contributed by atoms with Gasteiger partial charge in [0.05, 0.1) is 11.4 Å². The topological polar surface area (TPSA) is 6.48 Å². The maximum atomic E-state index is 2.45. The molecule has 2 heterocycles. The summed E-state index contributed by atoms with van der Waals surface area (Å²) in [4.78, 5) is 4.90. The molecule has 0 saturated carbocycles. The van der Waals surface area contributed by atoms with Gasteiger partial charge in [0.25, 0.3) is 0 Å². The molecule has 0 N–H and O–H groups in total. The number of para-hydroxylation sites is 2. The molecular weight excluding hydrogens is 765 g/mol. The van der Waals surface area contributed by atoms with Crippen molar-refractivity contribution in [1.29, 1.82) is 0 Å². The molecular formula is C56H36N2S2. The van der Waals surface area contributed by atoms with Crippen molar-refractivity contribution < 1.29 is 0 Å². The molecule has 60 heavy (non-hydrogen) atoms. The minimum atomic E-state index is 1.11. The molecule has 0 aliphatic heterocycles. The summed E-state index contributed by atoms with van der Waals surface area (Å²) in [6.45, 7) is 0. The Labute approximate surface area is 356 Å². The van der Waals surface area contributed by atoms with E-state index in [1.807, 2.05) is 22.7 Å². The molecule has 2 aromatic heterocycles. The maximum absolute atomic E-state index is 2.45. The Hall–Kier alpha value is -7.24. The number of benzene rings is 10. The van der Waals surface area contributed by atoms with Gasteiger partial charge >= 0.3 is 0 Å². The highest BCUT2D eigenvalue weighted by Crippen LogP contribution is 2.49. The van der Waals surface area contributed by atoms with Crippen LogP contribution in [-0.4, -0.2) is 0 Å². The summed E-state index contributed by atoms with van der Waals surface area (Å²) in [5.74, 6) is 0. The summed E-state index contributed by atoms with van der Waals surface area (Å²) in [5.41, 5.74) is 8.98. The van der Waals surface area contributed by atoms with Crippen LogP contribution in [0.15, 0.2) is 218 Å². The number of rotatable bonds is 7. The summed E-state index contributed by atoms with van der Waals surface area (Å²) < 4.78 is 5.16. The first kappa shape index (κ1) is 34.8. The molecule has 0 saturated heterocycles. The first-order valence-corrected chi connectivity index (χ1v) is 22.0. The third kappa shape index (κ3) is 5.84. The molecule has 12 aromatic rings. The van der Waals surface area contributed by atoms with Gasteiger partial charge in [-0.05, 0) is 94.3 Å². The lowest BCUT2D eigenvalue weighted by Crippen LogP contribution is -2.13. The third-order valence-corrected chi connectivity index (χ3v) is 14.1. The van der Waals surface area contributed by atoms with Crippen LogP contribution in [0, 0.1) is 0 Å². The van der Waals surface area contributed by atoms with Crippen molar-refractivity contribution in [3.8, 4) is 11.1 Å². The Balaban J connectivity index is 1.08. The van der Waals surface area contributed by atoms with Crippen molar-refractivity contribution in [3.05, 3.63) is 218 Å². The molecule has 0 spiro atoms. The van der Waals surface area contributed by atoms with Gasteiger partial charge in [-0.2, -0.15) is 0 Å². The molecule has 12 rings (SSSR count). The second-order valence-corrected chi connectivity index (χ2v) is 17.5. The van der Waals surface area contributed by atoms with E-state index in [9.17, 15) is 0 Å². The van der Waals surface area contributed by atoms with Gasteiger partial charge in [-0.25, -0.2) is 0 Å².